The normalized spacial score (nSPS) is 14.6. The zero-order chi connectivity index (χ0) is 16.7. The number of amides is 2. The van der Waals surface area contributed by atoms with E-state index in [-0.39, 0.29) is 30.3 Å². The van der Waals surface area contributed by atoms with Crippen LogP contribution in [0.5, 0.6) is 0 Å². The molecule has 24 heavy (non-hydrogen) atoms. The van der Waals surface area contributed by atoms with Crippen LogP contribution < -0.4 is 16.0 Å². The van der Waals surface area contributed by atoms with Crippen LogP contribution in [0.3, 0.4) is 0 Å². The second-order valence-corrected chi connectivity index (χ2v) is 6.07. The summed E-state index contributed by atoms with van der Waals surface area (Å²) in [5, 5.41) is 2.98. The minimum absolute atomic E-state index is 0. The minimum Gasteiger partial charge on any atom is -0.352 e. The molecule has 2 rings (SSSR count). The Morgan fingerprint density at radius 3 is 2.79 bits per heavy atom. The van der Waals surface area contributed by atoms with Gasteiger partial charge in [0.25, 0.3) is 0 Å². The maximum atomic E-state index is 12.2. The Balaban J connectivity index is 0.00000288. The van der Waals surface area contributed by atoms with Crippen LogP contribution in [0.4, 0.5) is 5.69 Å². The van der Waals surface area contributed by atoms with Gasteiger partial charge >= 0.3 is 0 Å². The number of nitrogens with zero attached hydrogens (tertiary/aromatic N) is 1. The molecule has 0 saturated heterocycles. The molecule has 0 bridgehead atoms. The van der Waals surface area contributed by atoms with E-state index in [2.05, 4.69) is 12.2 Å². The quantitative estimate of drug-likeness (QED) is 0.753. The van der Waals surface area contributed by atoms with E-state index in [1.165, 1.54) is 5.56 Å². The van der Waals surface area contributed by atoms with Crippen molar-refractivity contribution in [2.45, 2.75) is 51.5 Å². The number of unbranched alkanes of at least 4 members (excludes halogenated alkanes) is 1. The number of nitrogens with one attached hydrogen (secondary N) is 1. The van der Waals surface area contributed by atoms with Crippen molar-refractivity contribution < 1.29 is 9.59 Å². The van der Waals surface area contributed by atoms with E-state index in [0.717, 1.165) is 31.4 Å². The van der Waals surface area contributed by atoms with E-state index in [0.29, 0.717) is 25.9 Å². The summed E-state index contributed by atoms with van der Waals surface area (Å²) in [4.78, 5) is 26.0. The number of hydrogen-bond donors (Lipinski definition) is 2. The first-order valence-electron chi connectivity index (χ1n) is 8.53. The van der Waals surface area contributed by atoms with E-state index < -0.39 is 0 Å². The Bertz CT molecular complexity index is 551. The smallest absolute Gasteiger partial charge is 0.227 e. The van der Waals surface area contributed by atoms with Gasteiger partial charge in [-0.3, -0.25) is 9.59 Å². The molecular weight excluding hydrogens is 326 g/mol. The van der Waals surface area contributed by atoms with Gasteiger partial charge in [0.1, 0.15) is 0 Å². The van der Waals surface area contributed by atoms with Crippen LogP contribution in [-0.4, -0.2) is 30.9 Å². The monoisotopic (exact) mass is 353 g/mol. The molecule has 0 saturated carbocycles. The zero-order valence-corrected chi connectivity index (χ0v) is 15.1. The number of fused-ring (bicyclic) bond motifs is 1. The number of carbonyl (C=O) groups excluding carboxylic acids is 2. The number of carbonyl (C=O) groups is 2. The lowest BCUT2D eigenvalue weighted by molar-refractivity contribution is -0.121. The van der Waals surface area contributed by atoms with Crippen LogP contribution in [0, 0.1) is 0 Å². The fourth-order valence-corrected chi connectivity index (χ4v) is 2.95. The Morgan fingerprint density at radius 2 is 2.08 bits per heavy atom. The van der Waals surface area contributed by atoms with Gasteiger partial charge in [0.2, 0.25) is 11.8 Å². The molecule has 1 aromatic rings. The SMILES string of the molecule is CCCCC(CN)NC(=O)CCN1C(=O)CCc2ccccc21.Cl. The molecule has 1 atom stereocenters. The number of para-hydroxylation sites is 1. The van der Waals surface area contributed by atoms with Gasteiger partial charge in [-0.15, -0.1) is 12.4 Å². The molecule has 6 heteroatoms. The molecule has 0 aromatic heterocycles. The van der Waals surface area contributed by atoms with Gasteiger partial charge in [-0.25, -0.2) is 0 Å². The molecule has 1 heterocycles. The molecule has 0 radical (unpaired) electrons. The van der Waals surface area contributed by atoms with Gasteiger partial charge in [-0.2, -0.15) is 0 Å². The first-order chi connectivity index (χ1) is 11.2. The summed E-state index contributed by atoms with van der Waals surface area (Å²) in [6.07, 6.45) is 4.66. The average Bonchev–Trinajstić information content (AvgIpc) is 2.57. The van der Waals surface area contributed by atoms with Crippen molar-refractivity contribution in [1.29, 1.82) is 0 Å². The Kier molecular flexibility index (Phi) is 8.79. The van der Waals surface area contributed by atoms with Gasteiger partial charge in [-0.1, -0.05) is 38.0 Å². The molecular formula is C18H28ClN3O2. The molecule has 3 N–H and O–H groups in total. The largest absolute Gasteiger partial charge is 0.352 e. The summed E-state index contributed by atoms with van der Waals surface area (Å²) in [5.41, 5.74) is 7.83. The van der Waals surface area contributed by atoms with E-state index in [1.54, 1.807) is 4.90 Å². The number of aryl methyl sites for hydroxylation is 1. The van der Waals surface area contributed by atoms with Crippen molar-refractivity contribution in [3.8, 4) is 0 Å². The standard InChI is InChI=1S/C18H27N3O2.ClH/c1-2-3-7-15(13-19)20-17(22)11-12-21-16-8-5-4-6-14(16)9-10-18(21)23;/h4-6,8,15H,2-3,7,9-13,19H2,1H3,(H,20,22);1H. The maximum absolute atomic E-state index is 12.2. The first-order valence-corrected chi connectivity index (χ1v) is 8.53. The molecule has 1 aromatic carbocycles. The van der Waals surface area contributed by atoms with E-state index in [9.17, 15) is 9.59 Å². The fourth-order valence-electron chi connectivity index (χ4n) is 2.95. The van der Waals surface area contributed by atoms with Crippen molar-refractivity contribution in [2.24, 2.45) is 5.73 Å². The Labute approximate surface area is 150 Å². The van der Waals surface area contributed by atoms with Crippen molar-refractivity contribution >= 4 is 29.9 Å². The molecule has 134 valence electrons. The summed E-state index contributed by atoms with van der Waals surface area (Å²) in [5.74, 6) is 0.0604. The minimum atomic E-state index is -0.0348. The number of nitrogens with two attached hydrogens (primary N) is 1. The maximum Gasteiger partial charge on any atom is 0.227 e. The van der Waals surface area contributed by atoms with Crippen LogP contribution in [0.15, 0.2) is 24.3 Å². The third-order valence-corrected chi connectivity index (χ3v) is 4.31. The van der Waals surface area contributed by atoms with E-state index in [1.807, 2.05) is 24.3 Å². The third kappa shape index (κ3) is 5.49. The summed E-state index contributed by atoms with van der Waals surface area (Å²) in [7, 11) is 0. The highest BCUT2D eigenvalue weighted by Crippen LogP contribution is 2.27. The van der Waals surface area contributed by atoms with Gasteiger partial charge in [0.05, 0.1) is 0 Å². The molecule has 0 spiro atoms. The number of rotatable bonds is 8. The van der Waals surface area contributed by atoms with Crippen LogP contribution >= 0.6 is 12.4 Å². The van der Waals surface area contributed by atoms with Gasteiger partial charge in [0.15, 0.2) is 0 Å². The molecule has 0 aliphatic carbocycles. The lowest BCUT2D eigenvalue weighted by atomic mass is 10.0. The Morgan fingerprint density at radius 1 is 1.33 bits per heavy atom. The predicted octanol–water partition coefficient (Wildman–Crippen LogP) is 2.41. The molecule has 1 aliphatic rings. The fraction of sp³-hybridized carbons (Fsp3) is 0.556. The van der Waals surface area contributed by atoms with Gasteiger partial charge in [0, 0.05) is 37.7 Å². The molecule has 0 fully saturated rings. The Hall–Kier alpha value is -1.59. The summed E-state index contributed by atoms with van der Waals surface area (Å²) in [6.45, 7) is 3.00. The second-order valence-electron chi connectivity index (χ2n) is 6.07. The van der Waals surface area contributed by atoms with Crippen molar-refractivity contribution in [2.75, 3.05) is 18.0 Å². The van der Waals surface area contributed by atoms with Crippen molar-refractivity contribution in [3.05, 3.63) is 29.8 Å². The predicted molar refractivity (Wildman–Crippen MR) is 99.5 cm³/mol. The van der Waals surface area contributed by atoms with Crippen molar-refractivity contribution in [1.82, 2.24) is 5.32 Å². The first kappa shape index (κ1) is 20.5. The van der Waals surface area contributed by atoms with E-state index >= 15 is 0 Å². The lowest BCUT2D eigenvalue weighted by Gasteiger charge is -2.29. The highest BCUT2D eigenvalue weighted by molar-refractivity contribution is 5.97. The van der Waals surface area contributed by atoms with Gasteiger partial charge < -0.3 is 16.0 Å². The summed E-state index contributed by atoms with van der Waals surface area (Å²) >= 11 is 0. The highest BCUT2D eigenvalue weighted by atomic mass is 35.5. The number of benzene rings is 1. The van der Waals surface area contributed by atoms with Crippen molar-refractivity contribution in [3.63, 3.8) is 0 Å². The number of anilines is 1. The molecule has 5 nitrogen and oxygen atoms in total. The molecule has 1 aliphatic heterocycles. The van der Waals surface area contributed by atoms with Crippen LogP contribution in [0.1, 0.15) is 44.6 Å². The highest BCUT2D eigenvalue weighted by Gasteiger charge is 2.24. The van der Waals surface area contributed by atoms with Crippen LogP contribution in [0.25, 0.3) is 0 Å². The van der Waals surface area contributed by atoms with Crippen LogP contribution in [0.2, 0.25) is 0 Å². The van der Waals surface area contributed by atoms with E-state index in [4.69, 9.17) is 5.73 Å². The molecule has 1 unspecified atom stereocenters. The lowest BCUT2D eigenvalue weighted by Crippen LogP contribution is -2.43. The molecule has 2 amide bonds. The third-order valence-electron chi connectivity index (χ3n) is 4.31. The number of halogens is 1. The second kappa shape index (κ2) is 10.3. The van der Waals surface area contributed by atoms with Crippen LogP contribution in [-0.2, 0) is 16.0 Å². The summed E-state index contributed by atoms with van der Waals surface area (Å²) in [6, 6.07) is 7.95. The summed E-state index contributed by atoms with van der Waals surface area (Å²) < 4.78 is 0. The number of hydrogen-bond acceptors (Lipinski definition) is 3. The zero-order valence-electron chi connectivity index (χ0n) is 14.3. The topological polar surface area (TPSA) is 75.4 Å². The van der Waals surface area contributed by atoms with Gasteiger partial charge in [-0.05, 0) is 24.5 Å². The average molecular weight is 354 g/mol.